The van der Waals surface area contributed by atoms with Gasteiger partial charge in [0.1, 0.15) is 0 Å². The van der Waals surface area contributed by atoms with Gasteiger partial charge in [0.25, 0.3) is 0 Å². The Labute approximate surface area is 60.7 Å². The minimum atomic E-state index is 0.914. The molecule has 0 atom stereocenters. The summed E-state index contributed by atoms with van der Waals surface area (Å²) in [7, 11) is 0. The van der Waals surface area contributed by atoms with Gasteiger partial charge in [-0.25, -0.2) is 0 Å². The third-order valence-electron chi connectivity index (χ3n) is 1.16. The van der Waals surface area contributed by atoms with E-state index in [0.29, 0.717) is 0 Å². The summed E-state index contributed by atoms with van der Waals surface area (Å²) < 4.78 is 2.61. The van der Waals surface area contributed by atoms with Gasteiger partial charge < -0.3 is 5.73 Å². The number of fused-ring (bicyclic) bond motifs is 1. The number of nitrogens with two attached hydrogens (primary N) is 1. The van der Waals surface area contributed by atoms with Crippen LogP contribution in [0.3, 0.4) is 0 Å². The molecule has 0 aliphatic carbocycles. The van der Waals surface area contributed by atoms with Crippen molar-refractivity contribution in [2.24, 2.45) is 0 Å². The van der Waals surface area contributed by atoms with Crippen LogP contribution in [0.2, 0.25) is 0 Å². The first-order valence-corrected chi connectivity index (χ1v) is 4.28. The molecule has 1 nitrogen and oxygen atoms in total. The largest absolute Gasteiger partial charge is 0.391 e. The van der Waals surface area contributed by atoms with Crippen molar-refractivity contribution in [3.8, 4) is 0 Å². The fraction of sp³-hybridized carbons (Fsp3) is 0. The molecule has 2 aromatic rings. The van der Waals surface area contributed by atoms with Gasteiger partial charge in [-0.05, 0) is 17.5 Å². The monoisotopic (exact) mass is 155 g/mol. The third-order valence-corrected chi connectivity index (χ3v) is 3.08. The summed E-state index contributed by atoms with van der Waals surface area (Å²) in [6, 6.07) is 4.12. The van der Waals surface area contributed by atoms with Crippen LogP contribution in [0.4, 0.5) is 5.00 Å². The second kappa shape index (κ2) is 1.72. The number of hydrogen-bond donors (Lipinski definition) is 1. The molecule has 0 fully saturated rings. The minimum Gasteiger partial charge on any atom is -0.391 e. The number of hydrogen-bond acceptors (Lipinski definition) is 3. The predicted molar refractivity (Wildman–Crippen MR) is 44.1 cm³/mol. The van der Waals surface area contributed by atoms with E-state index in [1.807, 2.05) is 6.07 Å². The Morgan fingerprint density at radius 1 is 1.33 bits per heavy atom. The van der Waals surface area contributed by atoms with Crippen molar-refractivity contribution in [3.63, 3.8) is 0 Å². The lowest BCUT2D eigenvalue weighted by atomic mass is 10.5. The molecule has 0 amide bonds. The Morgan fingerprint density at radius 2 is 2.22 bits per heavy atom. The lowest BCUT2D eigenvalue weighted by Gasteiger charge is -1.71. The van der Waals surface area contributed by atoms with Crippen LogP contribution in [0.25, 0.3) is 9.40 Å². The van der Waals surface area contributed by atoms with Gasteiger partial charge in [-0.2, -0.15) is 0 Å². The van der Waals surface area contributed by atoms with Gasteiger partial charge in [0.15, 0.2) is 0 Å². The number of rotatable bonds is 0. The highest BCUT2D eigenvalue weighted by atomic mass is 32.1. The highest BCUT2D eigenvalue weighted by Crippen LogP contribution is 2.30. The summed E-state index contributed by atoms with van der Waals surface area (Å²) in [5.41, 5.74) is 5.56. The molecule has 0 radical (unpaired) electrons. The summed E-state index contributed by atoms with van der Waals surface area (Å²) in [5.74, 6) is 0. The standard InChI is InChI=1S/C6H5NS2/c7-6-3-5-4(9-6)1-2-8-5/h1-3H,7H2. The second-order valence-electron chi connectivity index (χ2n) is 1.80. The van der Waals surface area contributed by atoms with E-state index in [-0.39, 0.29) is 0 Å². The van der Waals surface area contributed by atoms with Crippen LogP contribution in [0.15, 0.2) is 17.5 Å². The molecule has 46 valence electrons. The minimum absolute atomic E-state index is 0.914. The molecule has 3 heteroatoms. The summed E-state index contributed by atoms with van der Waals surface area (Å²) in [5, 5.41) is 3.00. The first-order chi connectivity index (χ1) is 4.36. The third kappa shape index (κ3) is 0.730. The Balaban J connectivity index is 2.92. The lowest BCUT2D eigenvalue weighted by molar-refractivity contribution is 2.02. The van der Waals surface area contributed by atoms with Crippen LogP contribution >= 0.6 is 22.7 Å². The zero-order valence-corrected chi connectivity index (χ0v) is 6.26. The van der Waals surface area contributed by atoms with Crippen molar-refractivity contribution in [1.82, 2.24) is 0 Å². The average molecular weight is 155 g/mol. The van der Waals surface area contributed by atoms with E-state index < -0.39 is 0 Å². The van der Waals surface area contributed by atoms with Crippen molar-refractivity contribution >= 4 is 37.1 Å². The molecule has 0 aromatic carbocycles. The molecule has 2 N–H and O–H groups in total. The maximum Gasteiger partial charge on any atom is 0.0877 e. The van der Waals surface area contributed by atoms with Gasteiger partial charge in [-0.3, -0.25) is 0 Å². The van der Waals surface area contributed by atoms with E-state index in [9.17, 15) is 0 Å². The smallest absolute Gasteiger partial charge is 0.0877 e. The summed E-state index contributed by atoms with van der Waals surface area (Å²) in [4.78, 5) is 0. The Hall–Kier alpha value is -0.540. The van der Waals surface area contributed by atoms with Crippen molar-refractivity contribution in [2.45, 2.75) is 0 Å². The number of thiophene rings is 2. The van der Waals surface area contributed by atoms with Gasteiger partial charge in [-0.1, -0.05) is 0 Å². The molecule has 2 heterocycles. The van der Waals surface area contributed by atoms with Crippen LogP contribution in [0, 0.1) is 0 Å². The first kappa shape index (κ1) is 5.26. The summed E-state index contributed by atoms with van der Waals surface area (Å²) >= 11 is 3.39. The van der Waals surface area contributed by atoms with E-state index in [0.717, 1.165) is 5.00 Å². The lowest BCUT2D eigenvalue weighted by Crippen LogP contribution is -1.72. The normalized spacial score (nSPS) is 10.7. The molecule has 0 saturated carbocycles. The van der Waals surface area contributed by atoms with Crippen LogP contribution in [0.1, 0.15) is 0 Å². The molecule has 0 bridgehead atoms. The Morgan fingerprint density at radius 3 is 3.00 bits per heavy atom. The fourth-order valence-electron chi connectivity index (χ4n) is 0.784. The van der Waals surface area contributed by atoms with Crippen molar-refractivity contribution in [2.75, 3.05) is 5.73 Å². The van der Waals surface area contributed by atoms with Gasteiger partial charge in [0.2, 0.25) is 0 Å². The number of anilines is 1. The zero-order valence-electron chi connectivity index (χ0n) is 4.63. The van der Waals surface area contributed by atoms with Crippen LogP contribution < -0.4 is 5.73 Å². The molecule has 2 aromatic heterocycles. The Bertz CT molecular complexity index is 292. The second-order valence-corrected chi connectivity index (χ2v) is 3.86. The molecular weight excluding hydrogens is 150 g/mol. The van der Waals surface area contributed by atoms with E-state index >= 15 is 0 Å². The van der Waals surface area contributed by atoms with E-state index in [4.69, 9.17) is 5.73 Å². The maximum absolute atomic E-state index is 5.56. The Kier molecular flexibility index (Phi) is 1.00. The fourth-order valence-corrected chi connectivity index (χ4v) is 2.67. The topological polar surface area (TPSA) is 26.0 Å². The zero-order chi connectivity index (χ0) is 6.27. The van der Waals surface area contributed by atoms with Gasteiger partial charge in [0, 0.05) is 9.40 Å². The molecule has 2 rings (SSSR count). The van der Waals surface area contributed by atoms with E-state index in [2.05, 4.69) is 11.4 Å². The van der Waals surface area contributed by atoms with Gasteiger partial charge in [-0.15, -0.1) is 22.7 Å². The van der Waals surface area contributed by atoms with Gasteiger partial charge in [0.05, 0.1) is 5.00 Å². The summed E-state index contributed by atoms with van der Waals surface area (Å²) in [6.45, 7) is 0. The van der Waals surface area contributed by atoms with Crippen LogP contribution in [0.5, 0.6) is 0 Å². The molecule has 0 unspecified atom stereocenters. The first-order valence-electron chi connectivity index (χ1n) is 2.59. The van der Waals surface area contributed by atoms with Crippen LogP contribution in [-0.4, -0.2) is 0 Å². The quantitative estimate of drug-likeness (QED) is 0.621. The molecule has 0 aliphatic heterocycles. The summed E-state index contributed by atoms with van der Waals surface area (Å²) in [6.07, 6.45) is 0. The SMILES string of the molecule is Nc1cc2sccc2s1. The number of nitrogen functional groups attached to an aromatic ring is 1. The van der Waals surface area contributed by atoms with E-state index in [1.54, 1.807) is 22.7 Å². The maximum atomic E-state index is 5.56. The predicted octanol–water partition coefficient (Wildman–Crippen LogP) is 2.55. The molecule has 0 saturated heterocycles. The molecule has 0 spiro atoms. The van der Waals surface area contributed by atoms with Crippen molar-refractivity contribution in [1.29, 1.82) is 0 Å². The highest BCUT2D eigenvalue weighted by molar-refractivity contribution is 7.29. The molecular formula is C6H5NS2. The highest BCUT2D eigenvalue weighted by Gasteiger charge is 1.96. The van der Waals surface area contributed by atoms with Crippen molar-refractivity contribution < 1.29 is 0 Å². The van der Waals surface area contributed by atoms with Crippen LogP contribution in [-0.2, 0) is 0 Å². The molecule has 0 aliphatic rings. The van der Waals surface area contributed by atoms with Gasteiger partial charge >= 0.3 is 0 Å². The van der Waals surface area contributed by atoms with E-state index in [1.165, 1.54) is 9.40 Å². The van der Waals surface area contributed by atoms with Crippen molar-refractivity contribution in [3.05, 3.63) is 17.5 Å². The molecule has 9 heavy (non-hydrogen) atoms. The average Bonchev–Trinajstić information content (AvgIpc) is 2.22.